The lowest BCUT2D eigenvalue weighted by Gasteiger charge is -2.28. The number of hydrogen-bond acceptors (Lipinski definition) is 7. The van der Waals surface area contributed by atoms with Crippen LogP contribution in [0.15, 0.2) is 35.7 Å². The van der Waals surface area contributed by atoms with Crippen LogP contribution in [0.1, 0.15) is 22.7 Å². The highest BCUT2D eigenvalue weighted by molar-refractivity contribution is 5.78. The van der Waals surface area contributed by atoms with Crippen molar-refractivity contribution in [3.8, 4) is 17.7 Å². The molecule has 1 atom stereocenters. The van der Waals surface area contributed by atoms with E-state index in [1.54, 1.807) is 11.0 Å². The summed E-state index contributed by atoms with van der Waals surface area (Å²) in [5.74, 6) is 0.245. The highest BCUT2D eigenvalue weighted by Crippen LogP contribution is 2.45. The first kappa shape index (κ1) is 18.8. The molecule has 0 radical (unpaired) electrons. The number of aromatic nitrogens is 2. The van der Waals surface area contributed by atoms with Gasteiger partial charge in [0.15, 0.2) is 6.61 Å². The fourth-order valence-corrected chi connectivity index (χ4v) is 3.60. The van der Waals surface area contributed by atoms with Crippen LogP contribution in [0, 0.1) is 18.3 Å². The van der Waals surface area contributed by atoms with E-state index in [0.717, 1.165) is 16.8 Å². The molecule has 4 rings (SSSR count). The molecule has 1 fully saturated rings. The first-order valence-electron chi connectivity index (χ1n) is 9.30. The Kier molecular flexibility index (Phi) is 5.10. The number of nitrogens with one attached hydrogen (secondary N) is 1. The van der Waals surface area contributed by atoms with E-state index in [2.05, 4.69) is 16.3 Å². The minimum Gasteiger partial charge on any atom is -0.483 e. The van der Waals surface area contributed by atoms with Gasteiger partial charge in [0, 0.05) is 29.9 Å². The Labute approximate surface area is 167 Å². The van der Waals surface area contributed by atoms with E-state index < -0.39 is 5.92 Å². The van der Waals surface area contributed by atoms with E-state index in [-0.39, 0.29) is 24.0 Å². The lowest BCUT2D eigenvalue weighted by Crippen LogP contribution is -2.43. The molecule has 150 valence electrons. The number of nitrogens with two attached hydrogens (primary N) is 1. The number of fused-ring (bicyclic) bond motifs is 1. The quantitative estimate of drug-likeness (QED) is 0.796. The molecule has 0 aliphatic carbocycles. The van der Waals surface area contributed by atoms with Gasteiger partial charge in [0.25, 0.3) is 5.91 Å². The Morgan fingerprint density at radius 3 is 2.93 bits per heavy atom. The number of hydrogen-bond donors (Lipinski definition) is 2. The first-order chi connectivity index (χ1) is 14.1. The SMILES string of the molecule is Cc1[nH]nc2c1[C@H](c1ccccc1OCC(=O)N1CCOCC1)C(C#N)=C(N)O2. The summed E-state index contributed by atoms with van der Waals surface area (Å²) in [5.41, 5.74) is 8.47. The number of H-pyrrole nitrogens is 1. The molecule has 1 aromatic carbocycles. The van der Waals surface area contributed by atoms with Crippen LogP contribution >= 0.6 is 0 Å². The lowest BCUT2D eigenvalue weighted by atomic mass is 9.83. The monoisotopic (exact) mass is 395 g/mol. The molecule has 2 aromatic rings. The van der Waals surface area contributed by atoms with Gasteiger partial charge in [-0.15, -0.1) is 5.10 Å². The maximum Gasteiger partial charge on any atom is 0.260 e. The number of carbonyl (C=O) groups excluding carboxylic acids is 1. The number of nitrogens with zero attached hydrogens (tertiary/aromatic N) is 3. The summed E-state index contributed by atoms with van der Waals surface area (Å²) in [6.07, 6.45) is 0. The number of morpholine rings is 1. The van der Waals surface area contributed by atoms with E-state index in [9.17, 15) is 10.1 Å². The van der Waals surface area contributed by atoms with Crippen LogP contribution in [-0.2, 0) is 9.53 Å². The van der Waals surface area contributed by atoms with Gasteiger partial charge in [-0.3, -0.25) is 9.89 Å². The molecular formula is C20H21N5O4. The third-order valence-electron chi connectivity index (χ3n) is 5.07. The molecule has 1 saturated heterocycles. The number of benzene rings is 1. The normalized spacial score (nSPS) is 18.6. The standard InChI is InChI=1S/C20H21N5O4/c1-12-17-18(14(10-21)19(22)29-20(17)24-23-12)13-4-2-3-5-15(13)28-11-16(26)25-6-8-27-9-7-25/h2-5,18H,6-9,11,22H2,1H3,(H,23,24)/t18-/m1/s1. The summed E-state index contributed by atoms with van der Waals surface area (Å²) in [7, 11) is 0. The Balaban J connectivity index is 1.65. The minimum atomic E-state index is -0.503. The molecular weight excluding hydrogens is 374 g/mol. The zero-order chi connectivity index (χ0) is 20.4. The topological polar surface area (TPSA) is 126 Å². The van der Waals surface area contributed by atoms with Crippen molar-refractivity contribution in [2.75, 3.05) is 32.9 Å². The molecule has 0 bridgehead atoms. The number of aryl methyl sites for hydroxylation is 1. The summed E-state index contributed by atoms with van der Waals surface area (Å²) < 4.78 is 16.7. The number of para-hydroxylation sites is 1. The summed E-state index contributed by atoms with van der Waals surface area (Å²) in [4.78, 5) is 14.2. The fraction of sp³-hybridized carbons (Fsp3) is 0.350. The van der Waals surface area contributed by atoms with E-state index >= 15 is 0 Å². The van der Waals surface area contributed by atoms with Crippen molar-refractivity contribution in [1.29, 1.82) is 5.26 Å². The predicted octanol–water partition coefficient (Wildman–Crippen LogP) is 1.17. The van der Waals surface area contributed by atoms with Crippen LogP contribution in [0.2, 0.25) is 0 Å². The highest BCUT2D eigenvalue weighted by Gasteiger charge is 2.35. The number of allylic oxidation sites excluding steroid dienone is 1. The number of carbonyl (C=O) groups is 1. The zero-order valence-corrected chi connectivity index (χ0v) is 16.0. The van der Waals surface area contributed by atoms with Crippen LogP contribution in [0.4, 0.5) is 0 Å². The van der Waals surface area contributed by atoms with Gasteiger partial charge >= 0.3 is 0 Å². The molecule has 0 spiro atoms. The van der Waals surface area contributed by atoms with Crippen molar-refractivity contribution in [1.82, 2.24) is 15.1 Å². The third kappa shape index (κ3) is 3.50. The van der Waals surface area contributed by atoms with Crippen molar-refractivity contribution in [2.24, 2.45) is 5.73 Å². The van der Waals surface area contributed by atoms with Crippen molar-refractivity contribution < 1.29 is 19.0 Å². The predicted molar refractivity (Wildman–Crippen MR) is 102 cm³/mol. The average molecular weight is 395 g/mol. The molecule has 3 heterocycles. The van der Waals surface area contributed by atoms with Crippen LogP contribution in [0.3, 0.4) is 0 Å². The largest absolute Gasteiger partial charge is 0.483 e. The summed E-state index contributed by atoms with van der Waals surface area (Å²) >= 11 is 0. The molecule has 1 amide bonds. The van der Waals surface area contributed by atoms with Gasteiger partial charge in [0.2, 0.25) is 11.8 Å². The van der Waals surface area contributed by atoms with E-state index in [0.29, 0.717) is 37.9 Å². The fourth-order valence-electron chi connectivity index (χ4n) is 3.60. The van der Waals surface area contributed by atoms with Crippen LogP contribution in [-0.4, -0.2) is 53.9 Å². The second kappa shape index (κ2) is 7.85. The Morgan fingerprint density at radius 1 is 1.41 bits per heavy atom. The van der Waals surface area contributed by atoms with E-state index in [1.165, 1.54) is 0 Å². The van der Waals surface area contributed by atoms with Crippen molar-refractivity contribution in [2.45, 2.75) is 12.8 Å². The van der Waals surface area contributed by atoms with Crippen molar-refractivity contribution >= 4 is 5.91 Å². The number of amides is 1. The van der Waals surface area contributed by atoms with Crippen LogP contribution in [0.25, 0.3) is 0 Å². The van der Waals surface area contributed by atoms with Gasteiger partial charge in [0.05, 0.1) is 19.1 Å². The van der Waals surface area contributed by atoms with Gasteiger partial charge < -0.3 is 24.8 Å². The van der Waals surface area contributed by atoms with Crippen molar-refractivity contribution in [3.63, 3.8) is 0 Å². The molecule has 3 N–H and O–H groups in total. The van der Waals surface area contributed by atoms with Gasteiger partial charge in [-0.25, -0.2) is 0 Å². The molecule has 9 heteroatoms. The molecule has 1 aromatic heterocycles. The maximum atomic E-state index is 12.5. The number of ether oxygens (including phenoxy) is 3. The highest BCUT2D eigenvalue weighted by atomic mass is 16.5. The molecule has 2 aliphatic heterocycles. The zero-order valence-electron chi connectivity index (χ0n) is 16.0. The Morgan fingerprint density at radius 2 is 2.17 bits per heavy atom. The maximum absolute atomic E-state index is 12.5. The Hall–Kier alpha value is -3.51. The molecule has 0 unspecified atom stereocenters. The average Bonchev–Trinajstić information content (AvgIpc) is 3.12. The lowest BCUT2D eigenvalue weighted by molar-refractivity contribution is -0.137. The second-order valence-electron chi connectivity index (χ2n) is 6.81. The van der Waals surface area contributed by atoms with E-state index in [1.807, 2.05) is 25.1 Å². The van der Waals surface area contributed by atoms with Crippen LogP contribution in [0.5, 0.6) is 11.6 Å². The van der Waals surface area contributed by atoms with Gasteiger partial charge in [-0.2, -0.15) is 5.26 Å². The number of aromatic amines is 1. The second-order valence-corrected chi connectivity index (χ2v) is 6.81. The van der Waals surface area contributed by atoms with Crippen molar-refractivity contribution in [3.05, 3.63) is 52.5 Å². The van der Waals surface area contributed by atoms with Crippen LogP contribution < -0.4 is 15.2 Å². The molecule has 29 heavy (non-hydrogen) atoms. The van der Waals surface area contributed by atoms with Gasteiger partial charge in [0.1, 0.15) is 17.4 Å². The van der Waals surface area contributed by atoms with Gasteiger partial charge in [-0.05, 0) is 13.0 Å². The summed E-state index contributed by atoms with van der Waals surface area (Å²) in [6.45, 7) is 3.92. The molecule has 2 aliphatic rings. The Bertz CT molecular complexity index is 1000. The smallest absolute Gasteiger partial charge is 0.260 e. The number of rotatable bonds is 4. The third-order valence-corrected chi connectivity index (χ3v) is 5.07. The molecule has 0 saturated carbocycles. The van der Waals surface area contributed by atoms with Gasteiger partial charge in [-0.1, -0.05) is 18.2 Å². The summed E-state index contributed by atoms with van der Waals surface area (Å²) in [5, 5.41) is 16.7. The first-order valence-corrected chi connectivity index (χ1v) is 9.30. The van der Waals surface area contributed by atoms with E-state index in [4.69, 9.17) is 19.9 Å². The minimum absolute atomic E-state index is 0.00990. The summed E-state index contributed by atoms with van der Waals surface area (Å²) in [6, 6.07) is 9.44. The number of nitriles is 1. The molecule has 9 nitrogen and oxygen atoms in total.